The molecule has 0 unspecified atom stereocenters. The lowest BCUT2D eigenvalue weighted by Crippen LogP contribution is -2.18. The van der Waals surface area contributed by atoms with Gasteiger partial charge in [-0.15, -0.1) is 0 Å². The molecule has 19 heavy (non-hydrogen) atoms. The van der Waals surface area contributed by atoms with E-state index in [0.29, 0.717) is 12.1 Å². The minimum atomic E-state index is -0.175. The minimum Gasteiger partial charge on any atom is -0.370 e. The Morgan fingerprint density at radius 2 is 1.84 bits per heavy atom. The molecule has 2 aromatic rings. The molecule has 0 saturated carbocycles. The summed E-state index contributed by atoms with van der Waals surface area (Å²) in [4.78, 5) is 2.07. The van der Waals surface area contributed by atoms with Crippen LogP contribution in [0.2, 0.25) is 0 Å². The van der Waals surface area contributed by atoms with Crippen molar-refractivity contribution in [2.24, 2.45) is 0 Å². The van der Waals surface area contributed by atoms with Crippen molar-refractivity contribution in [1.29, 1.82) is 0 Å². The van der Waals surface area contributed by atoms with Gasteiger partial charge in [-0.1, -0.05) is 39.7 Å². The molecule has 0 aliphatic carbocycles. The molecule has 0 heterocycles. The molecule has 2 rings (SSSR count). The lowest BCUT2D eigenvalue weighted by atomic mass is 10.1. The second-order valence-corrected chi connectivity index (χ2v) is 5.80. The Hall–Kier alpha value is -1.35. The van der Waals surface area contributed by atoms with Crippen LogP contribution in [0.25, 0.3) is 0 Å². The summed E-state index contributed by atoms with van der Waals surface area (Å²) >= 11 is 3.27. The predicted molar refractivity (Wildman–Crippen MR) is 82.1 cm³/mol. The number of benzene rings is 2. The highest BCUT2D eigenvalue weighted by molar-refractivity contribution is 9.10. The van der Waals surface area contributed by atoms with Crippen LogP contribution < -0.4 is 4.90 Å². The Kier molecular flexibility index (Phi) is 4.25. The van der Waals surface area contributed by atoms with Gasteiger partial charge in [-0.2, -0.15) is 0 Å². The standard InChI is InChI=1S/C16H17BrFN/c1-11-4-7-16(12(2)8-11)19(3)10-13-5-6-14(17)9-15(13)18/h4-9H,10H2,1-3H3. The zero-order valence-corrected chi connectivity index (χ0v) is 13.0. The van der Waals surface area contributed by atoms with E-state index in [-0.39, 0.29) is 5.82 Å². The molecular formula is C16H17BrFN. The lowest BCUT2D eigenvalue weighted by Gasteiger charge is -2.22. The third-order valence-corrected chi connectivity index (χ3v) is 3.68. The Bertz CT molecular complexity index is 595. The maximum Gasteiger partial charge on any atom is 0.129 e. The van der Waals surface area contributed by atoms with E-state index in [1.165, 1.54) is 17.2 Å². The van der Waals surface area contributed by atoms with Gasteiger partial charge in [0.2, 0.25) is 0 Å². The summed E-state index contributed by atoms with van der Waals surface area (Å²) in [5.41, 5.74) is 4.28. The van der Waals surface area contributed by atoms with Crippen LogP contribution in [0.15, 0.2) is 40.9 Å². The van der Waals surface area contributed by atoms with Gasteiger partial charge in [0.15, 0.2) is 0 Å². The van der Waals surface area contributed by atoms with E-state index in [4.69, 9.17) is 0 Å². The fourth-order valence-electron chi connectivity index (χ4n) is 2.22. The van der Waals surface area contributed by atoms with Crippen LogP contribution in [-0.2, 0) is 6.54 Å². The summed E-state index contributed by atoms with van der Waals surface area (Å²) in [5, 5.41) is 0. The third kappa shape index (κ3) is 3.35. The second-order valence-electron chi connectivity index (χ2n) is 4.88. The van der Waals surface area contributed by atoms with Crippen LogP contribution in [-0.4, -0.2) is 7.05 Å². The molecule has 0 aliphatic heterocycles. The number of nitrogens with zero attached hydrogens (tertiary/aromatic N) is 1. The number of anilines is 1. The fourth-order valence-corrected chi connectivity index (χ4v) is 2.56. The average Bonchev–Trinajstić information content (AvgIpc) is 2.32. The highest BCUT2D eigenvalue weighted by Crippen LogP contribution is 2.23. The first-order chi connectivity index (χ1) is 8.97. The van der Waals surface area contributed by atoms with E-state index < -0.39 is 0 Å². The molecule has 0 saturated heterocycles. The van der Waals surface area contributed by atoms with Crippen molar-refractivity contribution in [2.75, 3.05) is 11.9 Å². The molecule has 2 aromatic carbocycles. The SMILES string of the molecule is Cc1ccc(N(C)Cc2ccc(Br)cc2F)c(C)c1. The molecule has 0 radical (unpaired) electrons. The summed E-state index contributed by atoms with van der Waals surface area (Å²) < 4.78 is 14.6. The molecule has 0 atom stereocenters. The summed E-state index contributed by atoms with van der Waals surface area (Å²) in [5.74, 6) is -0.175. The largest absolute Gasteiger partial charge is 0.370 e. The van der Waals surface area contributed by atoms with Crippen LogP contribution in [0.1, 0.15) is 16.7 Å². The van der Waals surface area contributed by atoms with Gasteiger partial charge in [0, 0.05) is 29.3 Å². The van der Waals surface area contributed by atoms with Gasteiger partial charge in [0.05, 0.1) is 0 Å². The van der Waals surface area contributed by atoms with Gasteiger partial charge >= 0.3 is 0 Å². The van der Waals surface area contributed by atoms with Crippen molar-refractivity contribution in [2.45, 2.75) is 20.4 Å². The quantitative estimate of drug-likeness (QED) is 0.781. The van der Waals surface area contributed by atoms with Crippen LogP contribution in [0, 0.1) is 19.7 Å². The number of hydrogen-bond donors (Lipinski definition) is 0. The molecule has 0 bridgehead atoms. The smallest absolute Gasteiger partial charge is 0.129 e. The topological polar surface area (TPSA) is 3.24 Å². The maximum atomic E-state index is 13.8. The lowest BCUT2D eigenvalue weighted by molar-refractivity contribution is 0.607. The monoisotopic (exact) mass is 321 g/mol. The summed E-state index contributed by atoms with van der Waals surface area (Å²) in [6, 6.07) is 11.5. The summed E-state index contributed by atoms with van der Waals surface area (Å²) in [6.45, 7) is 4.71. The third-order valence-electron chi connectivity index (χ3n) is 3.19. The summed E-state index contributed by atoms with van der Waals surface area (Å²) in [7, 11) is 1.99. The first-order valence-electron chi connectivity index (χ1n) is 6.19. The zero-order valence-electron chi connectivity index (χ0n) is 11.4. The van der Waals surface area contributed by atoms with Gasteiger partial charge in [-0.25, -0.2) is 4.39 Å². The molecule has 0 aliphatic rings. The van der Waals surface area contributed by atoms with Crippen molar-refractivity contribution in [3.8, 4) is 0 Å². The molecule has 1 nitrogen and oxygen atoms in total. The Labute approximate surface area is 122 Å². The van der Waals surface area contributed by atoms with Gasteiger partial charge in [0.25, 0.3) is 0 Å². The molecule has 0 aromatic heterocycles. The van der Waals surface area contributed by atoms with E-state index in [2.05, 4.69) is 52.9 Å². The van der Waals surface area contributed by atoms with Gasteiger partial charge in [-0.05, 0) is 37.6 Å². The van der Waals surface area contributed by atoms with E-state index in [1.54, 1.807) is 0 Å². The Balaban J connectivity index is 2.23. The van der Waals surface area contributed by atoms with Crippen LogP contribution in [0.3, 0.4) is 0 Å². The van der Waals surface area contributed by atoms with Crippen molar-refractivity contribution >= 4 is 21.6 Å². The molecule has 0 N–H and O–H groups in total. The van der Waals surface area contributed by atoms with E-state index in [0.717, 1.165) is 10.2 Å². The summed E-state index contributed by atoms with van der Waals surface area (Å²) in [6.07, 6.45) is 0. The Morgan fingerprint density at radius 1 is 1.11 bits per heavy atom. The number of hydrogen-bond acceptors (Lipinski definition) is 1. The first kappa shape index (κ1) is 14.1. The highest BCUT2D eigenvalue weighted by Gasteiger charge is 2.09. The fraction of sp³-hybridized carbons (Fsp3) is 0.250. The van der Waals surface area contributed by atoms with Crippen molar-refractivity contribution in [1.82, 2.24) is 0 Å². The highest BCUT2D eigenvalue weighted by atomic mass is 79.9. The predicted octanol–water partition coefficient (Wildman–Crippen LogP) is 4.84. The van der Waals surface area contributed by atoms with E-state index in [9.17, 15) is 4.39 Å². The van der Waals surface area contributed by atoms with E-state index >= 15 is 0 Å². The van der Waals surface area contributed by atoms with Crippen LogP contribution in [0.4, 0.5) is 10.1 Å². The van der Waals surface area contributed by atoms with Gasteiger partial charge in [-0.3, -0.25) is 0 Å². The van der Waals surface area contributed by atoms with E-state index in [1.807, 2.05) is 19.2 Å². The van der Waals surface area contributed by atoms with Gasteiger partial charge < -0.3 is 4.90 Å². The van der Waals surface area contributed by atoms with Crippen molar-refractivity contribution < 1.29 is 4.39 Å². The molecule has 0 amide bonds. The molecule has 0 spiro atoms. The van der Waals surface area contributed by atoms with Crippen molar-refractivity contribution in [3.05, 3.63) is 63.4 Å². The number of rotatable bonds is 3. The van der Waals surface area contributed by atoms with Crippen LogP contribution >= 0.6 is 15.9 Å². The van der Waals surface area contributed by atoms with Crippen molar-refractivity contribution in [3.63, 3.8) is 0 Å². The molecule has 100 valence electrons. The Morgan fingerprint density at radius 3 is 2.47 bits per heavy atom. The van der Waals surface area contributed by atoms with Crippen LogP contribution in [0.5, 0.6) is 0 Å². The maximum absolute atomic E-state index is 13.8. The number of halogens is 2. The normalized spacial score (nSPS) is 10.6. The molecule has 0 fully saturated rings. The first-order valence-corrected chi connectivity index (χ1v) is 6.99. The minimum absolute atomic E-state index is 0.175. The average molecular weight is 322 g/mol. The zero-order chi connectivity index (χ0) is 14.0. The number of aryl methyl sites for hydroxylation is 2. The van der Waals surface area contributed by atoms with Gasteiger partial charge in [0.1, 0.15) is 5.82 Å². The molecular weight excluding hydrogens is 305 g/mol. The molecule has 3 heteroatoms. The second kappa shape index (κ2) is 5.74.